The van der Waals surface area contributed by atoms with Crippen molar-refractivity contribution >= 4 is 11.7 Å². The molecule has 1 saturated heterocycles. The van der Waals surface area contributed by atoms with E-state index in [0.29, 0.717) is 32.4 Å². The summed E-state index contributed by atoms with van der Waals surface area (Å²) in [7, 11) is 0. The molecule has 0 bridgehead atoms. The van der Waals surface area contributed by atoms with Crippen LogP contribution < -0.4 is 0 Å². The first-order valence-corrected chi connectivity index (χ1v) is 6.33. The Bertz CT molecular complexity index is 411. The first-order valence-electron chi connectivity index (χ1n) is 6.33. The fourth-order valence-electron chi connectivity index (χ4n) is 2.80. The number of nitrogens with zero attached hydrogens (tertiary/aromatic N) is 1. The Morgan fingerprint density at radius 2 is 2.18 bits per heavy atom. The van der Waals surface area contributed by atoms with Crippen LogP contribution in [0.2, 0.25) is 0 Å². The van der Waals surface area contributed by atoms with Crippen molar-refractivity contribution in [2.75, 3.05) is 13.1 Å². The summed E-state index contributed by atoms with van der Waals surface area (Å²) < 4.78 is 0. The molecule has 3 rings (SSSR count). The van der Waals surface area contributed by atoms with Gasteiger partial charge in [0.05, 0.1) is 6.54 Å². The van der Waals surface area contributed by atoms with Gasteiger partial charge in [0.25, 0.3) is 0 Å². The van der Waals surface area contributed by atoms with Crippen molar-refractivity contribution in [2.45, 2.75) is 37.7 Å². The molecule has 4 heteroatoms. The van der Waals surface area contributed by atoms with Crippen LogP contribution >= 0.6 is 0 Å². The second kappa shape index (κ2) is 3.67. The predicted octanol–water partition coefficient (Wildman–Crippen LogP) is 0.649. The summed E-state index contributed by atoms with van der Waals surface area (Å²) in [5.74, 6) is 0.496. The monoisotopic (exact) mass is 235 g/mol. The summed E-state index contributed by atoms with van der Waals surface area (Å²) in [5.41, 5.74) is -0.106. The van der Waals surface area contributed by atoms with Crippen LogP contribution in [0.25, 0.3) is 0 Å². The maximum absolute atomic E-state index is 12.0. The number of hydrogen-bond donors (Lipinski definition) is 1. The summed E-state index contributed by atoms with van der Waals surface area (Å²) in [5, 5.41) is 10.5. The molecule has 1 saturated carbocycles. The van der Waals surface area contributed by atoms with E-state index in [0.717, 1.165) is 18.4 Å². The maximum Gasteiger partial charge on any atom is 0.225 e. The molecule has 4 nitrogen and oxygen atoms in total. The van der Waals surface area contributed by atoms with Crippen LogP contribution in [-0.4, -0.2) is 40.4 Å². The highest BCUT2D eigenvalue weighted by Gasteiger charge is 2.44. The Kier molecular flexibility index (Phi) is 2.36. The lowest BCUT2D eigenvalue weighted by Gasteiger charge is -2.43. The van der Waals surface area contributed by atoms with E-state index in [4.69, 9.17) is 0 Å². The van der Waals surface area contributed by atoms with Crippen LogP contribution in [0.4, 0.5) is 0 Å². The summed E-state index contributed by atoms with van der Waals surface area (Å²) in [6.45, 7) is 1.03. The molecule has 1 amide bonds. The van der Waals surface area contributed by atoms with E-state index in [1.54, 1.807) is 11.0 Å². The van der Waals surface area contributed by atoms with Crippen molar-refractivity contribution in [3.63, 3.8) is 0 Å². The summed E-state index contributed by atoms with van der Waals surface area (Å²) in [6, 6.07) is 0. The first kappa shape index (κ1) is 11.0. The van der Waals surface area contributed by atoms with Gasteiger partial charge in [-0.25, -0.2) is 0 Å². The quantitative estimate of drug-likeness (QED) is 0.726. The molecule has 0 aromatic heterocycles. The van der Waals surface area contributed by atoms with Crippen molar-refractivity contribution in [3.8, 4) is 0 Å². The molecule has 17 heavy (non-hydrogen) atoms. The van der Waals surface area contributed by atoms with E-state index < -0.39 is 5.60 Å². The zero-order chi connectivity index (χ0) is 12.0. The number of ketones is 1. The fourth-order valence-corrected chi connectivity index (χ4v) is 2.80. The Labute approximate surface area is 100 Å². The molecule has 2 aliphatic carbocycles. The van der Waals surface area contributed by atoms with Crippen molar-refractivity contribution in [1.29, 1.82) is 0 Å². The smallest absolute Gasteiger partial charge is 0.225 e. The van der Waals surface area contributed by atoms with Crippen LogP contribution in [0.15, 0.2) is 11.6 Å². The SMILES string of the molecule is O=C1C=C2CCN(C(=O)C3CC3)CC2(O)CC1. The Morgan fingerprint density at radius 1 is 1.41 bits per heavy atom. The number of piperidine rings is 1. The largest absolute Gasteiger partial charge is 0.384 e. The van der Waals surface area contributed by atoms with Gasteiger partial charge in [-0.2, -0.15) is 0 Å². The standard InChI is InChI=1S/C13H17NO3/c15-11-3-5-13(17)8-14(6-4-10(13)7-11)12(16)9-1-2-9/h7,9,17H,1-6,8H2. The van der Waals surface area contributed by atoms with Crippen LogP contribution in [0, 0.1) is 5.92 Å². The van der Waals surface area contributed by atoms with E-state index in [2.05, 4.69) is 0 Å². The summed E-state index contributed by atoms with van der Waals surface area (Å²) in [6.07, 6.45) is 5.07. The van der Waals surface area contributed by atoms with Gasteiger partial charge in [0, 0.05) is 18.9 Å². The normalized spacial score (nSPS) is 33.1. The lowest BCUT2D eigenvalue weighted by Crippen LogP contribution is -2.53. The average molecular weight is 235 g/mol. The molecule has 1 aliphatic heterocycles. The molecule has 0 aromatic carbocycles. The molecule has 0 spiro atoms. The van der Waals surface area contributed by atoms with Gasteiger partial charge >= 0.3 is 0 Å². The third-order valence-electron chi connectivity index (χ3n) is 4.06. The Morgan fingerprint density at radius 3 is 2.88 bits per heavy atom. The topological polar surface area (TPSA) is 57.6 Å². The Balaban J connectivity index is 1.78. The van der Waals surface area contributed by atoms with E-state index in [1.807, 2.05) is 0 Å². The molecule has 92 valence electrons. The third kappa shape index (κ3) is 1.90. The zero-order valence-corrected chi connectivity index (χ0v) is 9.82. The van der Waals surface area contributed by atoms with E-state index in [9.17, 15) is 14.7 Å². The highest BCUT2D eigenvalue weighted by molar-refractivity contribution is 5.92. The number of aliphatic hydroxyl groups is 1. The lowest BCUT2D eigenvalue weighted by atomic mass is 9.78. The van der Waals surface area contributed by atoms with Gasteiger partial charge in [0.15, 0.2) is 5.78 Å². The molecule has 1 heterocycles. The highest BCUT2D eigenvalue weighted by atomic mass is 16.3. The molecule has 2 fully saturated rings. The van der Waals surface area contributed by atoms with Crippen LogP contribution in [0.5, 0.6) is 0 Å². The second-order valence-corrected chi connectivity index (χ2v) is 5.45. The average Bonchev–Trinajstić information content (AvgIpc) is 3.12. The predicted molar refractivity (Wildman–Crippen MR) is 61.2 cm³/mol. The van der Waals surface area contributed by atoms with Crippen molar-refractivity contribution in [3.05, 3.63) is 11.6 Å². The van der Waals surface area contributed by atoms with Crippen LogP contribution in [-0.2, 0) is 9.59 Å². The molecule has 0 aromatic rings. The number of carbonyl (C=O) groups is 2. The van der Waals surface area contributed by atoms with Gasteiger partial charge in [-0.1, -0.05) is 0 Å². The number of carbonyl (C=O) groups excluding carboxylic acids is 2. The number of likely N-dealkylation sites (tertiary alicyclic amines) is 1. The molecule has 1 unspecified atom stereocenters. The number of hydrogen-bond acceptors (Lipinski definition) is 3. The second-order valence-electron chi connectivity index (χ2n) is 5.45. The van der Waals surface area contributed by atoms with Crippen LogP contribution in [0.1, 0.15) is 32.1 Å². The van der Waals surface area contributed by atoms with Gasteiger partial charge in [0.1, 0.15) is 5.60 Å². The summed E-state index contributed by atoms with van der Waals surface area (Å²) in [4.78, 5) is 25.1. The molecular formula is C13H17NO3. The van der Waals surface area contributed by atoms with Crippen molar-refractivity contribution in [1.82, 2.24) is 4.90 Å². The van der Waals surface area contributed by atoms with E-state index >= 15 is 0 Å². The number of β-amino-alcohol motifs (C(OH)–C–C–N with tert-alkyl or cyclic N) is 1. The Hall–Kier alpha value is -1.16. The van der Waals surface area contributed by atoms with E-state index in [-0.39, 0.29) is 17.6 Å². The maximum atomic E-state index is 12.0. The van der Waals surface area contributed by atoms with Gasteiger partial charge in [-0.05, 0) is 37.3 Å². The number of allylic oxidation sites excluding steroid dienone is 1. The van der Waals surface area contributed by atoms with Gasteiger partial charge in [0.2, 0.25) is 5.91 Å². The minimum Gasteiger partial charge on any atom is -0.384 e. The molecule has 1 N–H and O–H groups in total. The van der Waals surface area contributed by atoms with Gasteiger partial charge < -0.3 is 10.0 Å². The molecule has 1 atom stereocenters. The van der Waals surface area contributed by atoms with Crippen LogP contribution in [0.3, 0.4) is 0 Å². The van der Waals surface area contributed by atoms with Gasteiger partial charge in [-0.3, -0.25) is 9.59 Å². The van der Waals surface area contributed by atoms with Crippen molar-refractivity contribution < 1.29 is 14.7 Å². The molecule has 3 aliphatic rings. The number of fused-ring (bicyclic) bond motifs is 1. The summed E-state index contributed by atoms with van der Waals surface area (Å²) >= 11 is 0. The number of amides is 1. The third-order valence-corrected chi connectivity index (χ3v) is 4.06. The lowest BCUT2D eigenvalue weighted by molar-refractivity contribution is -0.137. The first-order chi connectivity index (χ1) is 8.08. The molecule has 0 radical (unpaired) electrons. The minimum atomic E-state index is -0.934. The molecular weight excluding hydrogens is 218 g/mol. The van der Waals surface area contributed by atoms with Crippen molar-refractivity contribution in [2.24, 2.45) is 5.92 Å². The fraction of sp³-hybridized carbons (Fsp3) is 0.692. The highest BCUT2D eigenvalue weighted by Crippen LogP contribution is 2.37. The van der Waals surface area contributed by atoms with E-state index in [1.165, 1.54) is 0 Å². The minimum absolute atomic E-state index is 0.103. The number of rotatable bonds is 1. The zero-order valence-electron chi connectivity index (χ0n) is 9.82. The van der Waals surface area contributed by atoms with Gasteiger partial charge in [-0.15, -0.1) is 0 Å².